The van der Waals surface area contributed by atoms with Gasteiger partial charge in [0.2, 0.25) is 0 Å². The van der Waals surface area contributed by atoms with Crippen molar-refractivity contribution in [2.45, 2.75) is 124 Å². The molecule has 2 N–H and O–H groups in total. The molecule has 0 saturated heterocycles. The van der Waals surface area contributed by atoms with Crippen LogP contribution in [0.3, 0.4) is 0 Å². The number of hydrogen-bond acceptors (Lipinski definition) is 8. The van der Waals surface area contributed by atoms with Crippen LogP contribution >= 0.6 is 0 Å². The van der Waals surface area contributed by atoms with Crippen LogP contribution in [-0.4, -0.2) is 46.4 Å². The predicted octanol–water partition coefficient (Wildman–Crippen LogP) is -3.07. The first-order valence-electron chi connectivity index (χ1n) is 16.1. The van der Waals surface area contributed by atoms with Crippen molar-refractivity contribution in [3.05, 3.63) is 11.6 Å². The van der Waals surface area contributed by atoms with Crippen LogP contribution in [0.4, 0.5) is 0 Å². The summed E-state index contributed by atoms with van der Waals surface area (Å²) in [5.41, 5.74) is -2.37. The molecule has 5 rings (SSSR count). The van der Waals surface area contributed by atoms with Crippen molar-refractivity contribution >= 4 is 17.9 Å². The molecule has 5 aliphatic rings. The maximum absolute atomic E-state index is 12.8. The number of hydrogen-bond donors (Lipinski definition) is 2. The molecular formula is C34H50Na2O8. The van der Waals surface area contributed by atoms with Crippen LogP contribution < -0.4 is 69.3 Å². The second kappa shape index (κ2) is 12.8. The summed E-state index contributed by atoms with van der Waals surface area (Å²) in [5.74, 6) is -3.05. The second-order valence-corrected chi connectivity index (χ2v) is 15.9. The molecule has 0 amide bonds. The number of fused-ring (bicyclic) bond motifs is 7. The van der Waals surface area contributed by atoms with Crippen molar-refractivity contribution in [3.63, 3.8) is 0 Å². The number of aliphatic carboxylic acids is 2. The number of esters is 1. The maximum atomic E-state index is 12.8. The normalized spacial score (nSPS) is 47.5. The maximum Gasteiger partial charge on any atom is 1.00 e. The summed E-state index contributed by atoms with van der Waals surface area (Å²) in [6.07, 6.45) is 7.46. The van der Waals surface area contributed by atoms with Gasteiger partial charge in [-0.1, -0.05) is 46.3 Å². The summed E-state index contributed by atoms with van der Waals surface area (Å²) < 4.78 is 5.84. The minimum atomic E-state index is -1.29. The number of aliphatic hydroxyl groups is 2. The molecule has 4 saturated carbocycles. The summed E-state index contributed by atoms with van der Waals surface area (Å²) in [4.78, 5) is 36.2. The van der Waals surface area contributed by atoms with Gasteiger partial charge in [-0.05, 0) is 105 Å². The summed E-state index contributed by atoms with van der Waals surface area (Å²) in [5, 5.41) is 46.5. The molecule has 0 aromatic heterocycles. The smallest absolute Gasteiger partial charge is 0.550 e. The number of rotatable bonds is 6. The monoisotopic (exact) mass is 632 g/mol. The van der Waals surface area contributed by atoms with Gasteiger partial charge in [0.25, 0.3) is 0 Å². The fourth-order valence-electron chi connectivity index (χ4n) is 11.5. The third kappa shape index (κ3) is 5.36. The van der Waals surface area contributed by atoms with E-state index in [-0.39, 0.29) is 113 Å². The van der Waals surface area contributed by atoms with Crippen LogP contribution in [0.15, 0.2) is 11.6 Å². The third-order valence-corrected chi connectivity index (χ3v) is 14.4. The van der Waals surface area contributed by atoms with Crippen molar-refractivity contribution in [1.29, 1.82) is 0 Å². The fraction of sp³-hybridized carbons (Fsp3) is 0.853. The van der Waals surface area contributed by atoms with E-state index in [1.807, 2.05) is 20.8 Å². The van der Waals surface area contributed by atoms with E-state index >= 15 is 0 Å². The van der Waals surface area contributed by atoms with Crippen molar-refractivity contribution < 1.29 is 98.7 Å². The van der Waals surface area contributed by atoms with Crippen LogP contribution in [0.1, 0.15) is 112 Å². The first-order valence-corrected chi connectivity index (χ1v) is 16.1. The Morgan fingerprint density at radius 2 is 1.57 bits per heavy atom. The largest absolute Gasteiger partial charge is 1.00 e. The van der Waals surface area contributed by atoms with E-state index in [1.54, 1.807) is 0 Å². The van der Waals surface area contributed by atoms with Gasteiger partial charge in [-0.15, -0.1) is 0 Å². The Morgan fingerprint density at radius 3 is 2.16 bits per heavy atom. The van der Waals surface area contributed by atoms with Gasteiger partial charge < -0.3 is 34.8 Å². The van der Waals surface area contributed by atoms with Gasteiger partial charge in [0, 0.05) is 28.7 Å². The molecule has 4 fully saturated rings. The number of aliphatic hydroxyl groups excluding tert-OH is 1. The SMILES string of the molecule is C[C@@H]1CC[C@]2(C(=O)[O-])CC[C@]3(C)C(=CCC4[C@@]5(C)CC[C@H](OC(=O)CCC(=O)[O-])[C@@](C)(CO)C5CC[C@]43C)C2[C@]1(C)O.[Na+].[Na+]. The molecule has 0 spiro atoms. The quantitative estimate of drug-likeness (QED) is 0.178. The zero-order valence-corrected chi connectivity index (χ0v) is 32.3. The molecule has 11 atom stereocenters. The molecule has 0 aromatic carbocycles. The van der Waals surface area contributed by atoms with Gasteiger partial charge in [-0.25, -0.2) is 0 Å². The van der Waals surface area contributed by atoms with Crippen LogP contribution in [-0.2, 0) is 19.1 Å². The molecule has 8 nitrogen and oxygen atoms in total. The zero-order chi connectivity index (χ0) is 31.1. The van der Waals surface area contributed by atoms with Crippen LogP contribution in [0, 0.1) is 50.7 Å². The summed E-state index contributed by atoms with van der Waals surface area (Å²) in [6, 6.07) is 0. The van der Waals surface area contributed by atoms with Gasteiger partial charge in [0.15, 0.2) is 0 Å². The van der Waals surface area contributed by atoms with Crippen molar-refractivity contribution in [2.75, 3.05) is 6.61 Å². The standard InChI is InChI=1S/C34H52O8.2Na/c1-20-11-16-34(28(39)40)18-17-31(4)21(27(34)33(20,6)41)7-8-23-29(2)14-13-24(42-26(38)10-9-25(36)37)30(3,19-35)22(29)12-15-32(23,31)5;;/h7,20,22-24,27,35,41H,8-19H2,1-6H3,(H,36,37)(H,39,40);;/q;2*+1/p-2/t20-,22?,23?,24+,27?,29+,30+,31-,32-,33-,34+;;/m1../s1. The van der Waals surface area contributed by atoms with Crippen molar-refractivity contribution in [2.24, 2.45) is 50.7 Å². The topological polar surface area (TPSA) is 147 Å². The van der Waals surface area contributed by atoms with Crippen LogP contribution in [0.5, 0.6) is 0 Å². The number of allylic oxidation sites excluding steroid dienone is 1. The van der Waals surface area contributed by atoms with Crippen molar-refractivity contribution in [1.82, 2.24) is 0 Å². The average molecular weight is 633 g/mol. The Kier molecular flexibility index (Phi) is 11.2. The summed E-state index contributed by atoms with van der Waals surface area (Å²) >= 11 is 0. The molecule has 10 heteroatoms. The molecule has 5 aliphatic carbocycles. The first kappa shape index (κ1) is 38.5. The number of carbonyl (C=O) groups excluding carboxylic acids is 3. The number of ether oxygens (including phenoxy) is 1. The molecular weight excluding hydrogens is 582 g/mol. The molecule has 0 bridgehead atoms. The molecule has 0 aliphatic heterocycles. The minimum absolute atomic E-state index is 0. The van der Waals surface area contributed by atoms with Gasteiger partial charge >= 0.3 is 65.1 Å². The zero-order valence-electron chi connectivity index (χ0n) is 28.3. The molecule has 44 heavy (non-hydrogen) atoms. The van der Waals surface area contributed by atoms with E-state index in [4.69, 9.17) is 4.74 Å². The number of carbonyl (C=O) groups is 3. The molecule has 236 valence electrons. The summed E-state index contributed by atoms with van der Waals surface area (Å²) in [6.45, 7) is 12.8. The Balaban J connectivity index is 0.00000264. The van der Waals surface area contributed by atoms with Crippen LogP contribution in [0.2, 0.25) is 0 Å². The molecule has 0 aromatic rings. The molecule has 0 radical (unpaired) electrons. The van der Waals surface area contributed by atoms with E-state index in [0.717, 1.165) is 37.7 Å². The van der Waals surface area contributed by atoms with Gasteiger partial charge in [-0.2, -0.15) is 0 Å². The molecule has 0 heterocycles. The van der Waals surface area contributed by atoms with Gasteiger partial charge in [0.1, 0.15) is 6.10 Å². The first-order chi connectivity index (χ1) is 19.4. The van der Waals surface area contributed by atoms with E-state index in [1.165, 1.54) is 0 Å². The van der Waals surface area contributed by atoms with Crippen LogP contribution in [0.25, 0.3) is 0 Å². The van der Waals surface area contributed by atoms with Gasteiger partial charge in [-0.3, -0.25) is 4.79 Å². The average Bonchev–Trinajstić information content (AvgIpc) is 2.91. The number of carboxylic acid groups (broad SMARTS) is 2. The predicted molar refractivity (Wildman–Crippen MR) is 151 cm³/mol. The number of carboxylic acids is 2. The molecule has 3 unspecified atom stereocenters. The van der Waals surface area contributed by atoms with E-state index in [0.29, 0.717) is 25.7 Å². The van der Waals surface area contributed by atoms with E-state index < -0.39 is 46.4 Å². The summed E-state index contributed by atoms with van der Waals surface area (Å²) in [7, 11) is 0. The Labute approximate surface area is 307 Å². The Morgan fingerprint density at radius 1 is 0.909 bits per heavy atom. The van der Waals surface area contributed by atoms with Gasteiger partial charge in [0.05, 0.1) is 18.6 Å². The minimum Gasteiger partial charge on any atom is -0.550 e. The fourth-order valence-corrected chi connectivity index (χ4v) is 11.5. The Bertz CT molecular complexity index is 1190. The Hall–Kier alpha value is 0.0700. The third-order valence-electron chi connectivity index (χ3n) is 14.4. The van der Waals surface area contributed by atoms with E-state index in [2.05, 4.69) is 26.8 Å². The van der Waals surface area contributed by atoms with Crippen molar-refractivity contribution in [3.8, 4) is 0 Å². The van der Waals surface area contributed by atoms with E-state index in [9.17, 15) is 34.8 Å². The second-order valence-electron chi connectivity index (χ2n) is 15.9.